The van der Waals surface area contributed by atoms with Gasteiger partial charge in [-0.1, -0.05) is 0 Å². The molecule has 1 aliphatic heterocycles. The van der Waals surface area contributed by atoms with E-state index in [1.54, 1.807) is 6.07 Å². The lowest BCUT2D eigenvalue weighted by molar-refractivity contribution is -0.384. The average molecular weight is 292 g/mol. The summed E-state index contributed by atoms with van der Waals surface area (Å²) in [7, 11) is 0. The van der Waals surface area contributed by atoms with Crippen LogP contribution in [0.15, 0.2) is 18.2 Å². The van der Waals surface area contributed by atoms with Gasteiger partial charge in [0.05, 0.1) is 11.5 Å². The number of non-ortho nitro benzene ring substituents is 1. The molecule has 7 heteroatoms. The highest BCUT2D eigenvalue weighted by Crippen LogP contribution is 2.24. The minimum absolute atomic E-state index is 0.00423. The maximum Gasteiger partial charge on any atom is 0.273 e. The first-order chi connectivity index (χ1) is 10.1. The Morgan fingerprint density at radius 1 is 1.24 bits per heavy atom. The van der Waals surface area contributed by atoms with Gasteiger partial charge in [0.2, 0.25) is 5.91 Å². The quantitative estimate of drug-likeness (QED) is 0.619. The van der Waals surface area contributed by atoms with Crippen molar-refractivity contribution in [1.82, 2.24) is 4.90 Å². The smallest absolute Gasteiger partial charge is 0.273 e. The number of carbonyl (C=O) groups is 1. The first kappa shape index (κ1) is 15.1. The number of nitrogens with one attached hydrogen (secondary N) is 2. The Labute approximate surface area is 123 Å². The molecule has 114 valence electrons. The first-order valence-electron chi connectivity index (χ1n) is 7.15. The van der Waals surface area contributed by atoms with Crippen molar-refractivity contribution < 1.29 is 9.72 Å². The molecule has 0 saturated carbocycles. The van der Waals surface area contributed by atoms with Crippen molar-refractivity contribution in [2.45, 2.75) is 19.8 Å². The lowest BCUT2D eigenvalue weighted by Gasteiger charge is -2.16. The van der Waals surface area contributed by atoms with E-state index in [1.165, 1.54) is 12.1 Å². The highest BCUT2D eigenvalue weighted by molar-refractivity contribution is 5.81. The zero-order chi connectivity index (χ0) is 15.2. The molecule has 0 unspecified atom stereocenters. The molecule has 2 N–H and O–H groups in total. The molecule has 0 bridgehead atoms. The summed E-state index contributed by atoms with van der Waals surface area (Å²) in [5, 5.41) is 17.0. The van der Waals surface area contributed by atoms with Crippen molar-refractivity contribution in [2.24, 2.45) is 0 Å². The Hall–Kier alpha value is -2.31. The van der Waals surface area contributed by atoms with Crippen molar-refractivity contribution >= 4 is 23.0 Å². The number of likely N-dealkylation sites (tertiary alicyclic amines) is 1. The van der Waals surface area contributed by atoms with Crippen LogP contribution in [-0.2, 0) is 4.79 Å². The molecule has 1 fully saturated rings. The van der Waals surface area contributed by atoms with Crippen LogP contribution in [-0.4, -0.2) is 41.9 Å². The average Bonchev–Trinajstić information content (AvgIpc) is 2.99. The summed E-state index contributed by atoms with van der Waals surface area (Å²) in [4.78, 5) is 24.3. The van der Waals surface area contributed by atoms with Crippen LogP contribution in [0.1, 0.15) is 19.8 Å². The van der Waals surface area contributed by atoms with Gasteiger partial charge in [0.25, 0.3) is 5.69 Å². The number of nitro benzene ring substituents is 1. The van der Waals surface area contributed by atoms with E-state index in [1.807, 2.05) is 11.8 Å². The Morgan fingerprint density at radius 3 is 2.43 bits per heavy atom. The third kappa shape index (κ3) is 4.08. The molecule has 0 atom stereocenters. The van der Waals surface area contributed by atoms with E-state index in [9.17, 15) is 14.9 Å². The topological polar surface area (TPSA) is 87.5 Å². The predicted molar refractivity (Wildman–Crippen MR) is 81.6 cm³/mol. The Bertz CT molecular complexity index is 527. The first-order valence-corrected chi connectivity index (χ1v) is 7.15. The second-order valence-electron chi connectivity index (χ2n) is 5.00. The number of amides is 1. The number of hydrogen-bond acceptors (Lipinski definition) is 5. The zero-order valence-electron chi connectivity index (χ0n) is 12.1. The van der Waals surface area contributed by atoms with Crippen LogP contribution < -0.4 is 10.6 Å². The summed E-state index contributed by atoms with van der Waals surface area (Å²) in [6, 6.07) is 4.70. The van der Waals surface area contributed by atoms with Crippen LogP contribution >= 0.6 is 0 Å². The highest BCUT2D eigenvalue weighted by atomic mass is 16.6. The van der Waals surface area contributed by atoms with Crippen LogP contribution in [0.3, 0.4) is 0 Å². The van der Waals surface area contributed by atoms with Crippen LogP contribution in [0.4, 0.5) is 17.1 Å². The SMILES string of the molecule is CCNc1cc(NCC(=O)N2CCCC2)cc([N+](=O)[O-])c1. The molecule has 1 aromatic rings. The van der Waals surface area contributed by atoms with Crippen molar-refractivity contribution in [2.75, 3.05) is 36.8 Å². The molecule has 1 amide bonds. The fourth-order valence-electron chi connectivity index (χ4n) is 2.38. The van der Waals surface area contributed by atoms with Gasteiger partial charge in [-0.25, -0.2) is 0 Å². The fourth-order valence-corrected chi connectivity index (χ4v) is 2.38. The Balaban J connectivity index is 2.03. The van der Waals surface area contributed by atoms with Crippen molar-refractivity contribution in [3.63, 3.8) is 0 Å². The van der Waals surface area contributed by atoms with Crippen molar-refractivity contribution in [1.29, 1.82) is 0 Å². The Morgan fingerprint density at radius 2 is 1.86 bits per heavy atom. The van der Waals surface area contributed by atoms with Crippen molar-refractivity contribution in [3.05, 3.63) is 28.3 Å². The second-order valence-corrected chi connectivity index (χ2v) is 5.00. The minimum atomic E-state index is -0.436. The fraction of sp³-hybridized carbons (Fsp3) is 0.500. The molecular formula is C14H20N4O3. The van der Waals surface area contributed by atoms with Gasteiger partial charge >= 0.3 is 0 Å². The van der Waals surface area contributed by atoms with Gasteiger partial charge in [-0.3, -0.25) is 14.9 Å². The number of rotatable bonds is 6. The van der Waals surface area contributed by atoms with Crippen LogP contribution in [0, 0.1) is 10.1 Å². The summed E-state index contributed by atoms with van der Waals surface area (Å²) in [6.45, 7) is 4.36. The molecule has 1 heterocycles. The third-order valence-corrected chi connectivity index (χ3v) is 3.41. The molecule has 0 spiro atoms. The summed E-state index contributed by atoms with van der Waals surface area (Å²) in [5.74, 6) is 0.0315. The highest BCUT2D eigenvalue weighted by Gasteiger charge is 2.17. The van der Waals surface area contributed by atoms with Crippen LogP contribution in [0.25, 0.3) is 0 Å². The monoisotopic (exact) mass is 292 g/mol. The summed E-state index contributed by atoms with van der Waals surface area (Å²) in [5.41, 5.74) is 1.25. The van der Waals surface area contributed by atoms with Crippen molar-refractivity contribution in [3.8, 4) is 0 Å². The maximum absolute atomic E-state index is 12.0. The molecular weight excluding hydrogens is 272 g/mol. The minimum Gasteiger partial charge on any atom is -0.385 e. The second kappa shape index (κ2) is 6.92. The molecule has 0 aromatic heterocycles. The standard InChI is InChI=1S/C14H20N4O3/c1-2-15-11-7-12(9-13(8-11)18(20)21)16-10-14(19)17-5-3-4-6-17/h7-9,15-16H,2-6,10H2,1H3. The van der Waals surface area contributed by atoms with E-state index in [0.29, 0.717) is 17.9 Å². The molecule has 7 nitrogen and oxygen atoms in total. The molecule has 1 aliphatic rings. The molecule has 0 radical (unpaired) electrons. The van der Waals surface area contributed by atoms with Gasteiger partial charge in [-0.05, 0) is 25.8 Å². The summed E-state index contributed by atoms with van der Waals surface area (Å²) in [6.07, 6.45) is 2.10. The van der Waals surface area contributed by atoms with E-state index < -0.39 is 4.92 Å². The molecule has 0 aliphatic carbocycles. The molecule has 1 aromatic carbocycles. The number of hydrogen-bond donors (Lipinski definition) is 2. The van der Waals surface area contributed by atoms with Crippen LogP contribution in [0.2, 0.25) is 0 Å². The van der Waals surface area contributed by atoms with E-state index in [4.69, 9.17) is 0 Å². The van der Waals surface area contributed by atoms with E-state index in [-0.39, 0.29) is 18.1 Å². The molecule has 21 heavy (non-hydrogen) atoms. The van der Waals surface area contributed by atoms with Gasteiger partial charge in [-0.15, -0.1) is 0 Å². The van der Waals surface area contributed by atoms with Gasteiger partial charge < -0.3 is 15.5 Å². The van der Waals surface area contributed by atoms with Gasteiger partial charge in [0.15, 0.2) is 0 Å². The summed E-state index contributed by atoms with van der Waals surface area (Å²) < 4.78 is 0. The predicted octanol–water partition coefficient (Wildman–Crippen LogP) is 2.06. The number of anilines is 2. The van der Waals surface area contributed by atoms with Gasteiger partial charge in [0, 0.05) is 43.1 Å². The number of carbonyl (C=O) groups excluding carboxylic acids is 1. The summed E-state index contributed by atoms with van der Waals surface area (Å²) >= 11 is 0. The largest absolute Gasteiger partial charge is 0.385 e. The lowest BCUT2D eigenvalue weighted by atomic mass is 10.2. The van der Waals surface area contributed by atoms with Gasteiger partial charge in [-0.2, -0.15) is 0 Å². The van der Waals surface area contributed by atoms with E-state index in [2.05, 4.69) is 10.6 Å². The number of nitro groups is 1. The van der Waals surface area contributed by atoms with Gasteiger partial charge in [0.1, 0.15) is 0 Å². The Kier molecular flexibility index (Phi) is 4.97. The molecule has 1 saturated heterocycles. The normalized spacial score (nSPS) is 14.0. The lowest BCUT2D eigenvalue weighted by Crippen LogP contribution is -2.32. The number of benzene rings is 1. The van der Waals surface area contributed by atoms with E-state index >= 15 is 0 Å². The van der Waals surface area contributed by atoms with E-state index in [0.717, 1.165) is 25.9 Å². The zero-order valence-corrected chi connectivity index (χ0v) is 12.1. The molecule has 2 rings (SSSR count). The maximum atomic E-state index is 12.0. The van der Waals surface area contributed by atoms with Crippen LogP contribution in [0.5, 0.6) is 0 Å². The number of nitrogens with zero attached hydrogens (tertiary/aromatic N) is 2. The third-order valence-electron chi connectivity index (χ3n) is 3.41.